The third-order valence-electron chi connectivity index (χ3n) is 3.92. The zero-order chi connectivity index (χ0) is 19.9. The maximum atomic E-state index is 12.5. The van der Waals surface area contributed by atoms with Gasteiger partial charge >= 0.3 is 0 Å². The van der Waals surface area contributed by atoms with Gasteiger partial charge in [-0.3, -0.25) is 4.79 Å². The molecule has 8 nitrogen and oxygen atoms in total. The molecule has 0 saturated heterocycles. The van der Waals surface area contributed by atoms with Crippen LogP contribution in [0.4, 0.5) is 17.2 Å². The number of methoxy groups -OCH3 is 3. The maximum Gasteiger partial charge on any atom is 0.274 e. The molecule has 0 atom stereocenters. The number of ether oxygens (including phenoxy) is 3. The standard InChI is InChI=1S/C20H20N4O4/c1-26-14-6-4-13(5-7-14)23-20(25)17-11-19(22-12-21-17)24-16-10-15(27-2)8-9-18(16)28-3/h4-12H,1-3H3,(H,23,25)(H,21,22,24). The Balaban J connectivity index is 1.77. The number of carbonyl (C=O) groups is 1. The zero-order valence-corrected chi connectivity index (χ0v) is 15.7. The number of amides is 1. The van der Waals surface area contributed by atoms with Gasteiger partial charge in [-0.15, -0.1) is 0 Å². The van der Waals surface area contributed by atoms with Crippen LogP contribution in [0.15, 0.2) is 54.9 Å². The normalized spacial score (nSPS) is 10.1. The molecule has 2 aromatic carbocycles. The van der Waals surface area contributed by atoms with Gasteiger partial charge in [0, 0.05) is 17.8 Å². The summed E-state index contributed by atoms with van der Waals surface area (Å²) in [5, 5.41) is 5.90. The van der Waals surface area contributed by atoms with E-state index in [1.807, 2.05) is 0 Å². The predicted octanol–water partition coefficient (Wildman–Crippen LogP) is 3.50. The molecule has 0 radical (unpaired) electrons. The van der Waals surface area contributed by atoms with E-state index in [-0.39, 0.29) is 11.6 Å². The Hall–Kier alpha value is -3.81. The molecule has 0 fully saturated rings. The zero-order valence-electron chi connectivity index (χ0n) is 15.7. The maximum absolute atomic E-state index is 12.5. The highest BCUT2D eigenvalue weighted by atomic mass is 16.5. The Morgan fingerprint density at radius 3 is 2.25 bits per heavy atom. The Bertz CT molecular complexity index is 961. The largest absolute Gasteiger partial charge is 0.497 e. The fourth-order valence-corrected chi connectivity index (χ4v) is 2.47. The van der Waals surface area contributed by atoms with Crippen molar-refractivity contribution in [3.63, 3.8) is 0 Å². The number of carbonyl (C=O) groups excluding carboxylic acids is 1. The van der Waals surface area contributed by atoms with Crippen molar-refractivity contribution in [2.45, 2.75) is 0 Å². The van der Waals surface area contributed by atoms with E-state index in [0.29, 0.717) is 34.4 Å². The van der Waals surface area contributed by atoms with Crippen molar-refractivity contribution in [1.82, 2.24) is 9.97 Å². The van der Waals surface area contributed by atoms with Crippen LogP contribution in [0, 0.1) is 0 Å². The van der Waals surface area contributed by atoms with Gasteiger partial charge < -0.3 is 24.8 Å². The third-order valence-corrected chi connectivity index (χ3v) is 3.92. The van der Waals surface area contributed by atoms with Crippen LogP contribution in [0.1, 0.15) is 10.5 Å². The van der Waals surface area contributed by atoms with E-state index in [0.717, 1.165) is 0 Å². The van der Waals surface area contributed by atoms with Gasteiger partial charge in [-0.25, -0.2) is 9.97 Å². The molecule has 144 valence electrons. The van der Waals surface area contributed by atoms with Crippen LogP contribution in [0.5, 0.6) is 17.2 Å². The van der Waals surface area contributed by atoms with Gasteiger partial charge in [0.1, 0.15) is 35.1 Å². The summed E-state index contributed by atoms with van der Waals surface area (Å²) in [6, 6.07) is 13.9. The Morgan fingerprint density at radius 1 is 0.857 bits per heavy atom. The van der Waals surface area contributed by atoms with Gasteiger partial charge in [0.2, 0.25) is 0 Å². The molecular formula is C20H20N4O4. The Labute approximate surface area is 162 Å². The lowest BCUT2D eigenvalue weighted by Gasteiger charge is -2.12. The summed E-state index contributed by atoms with van der Waals surface area (Å²) < 4.78 is 15.7. The average Bonchev–Trinajstić information content (AvgIpc) is 2.74. The first-order valence-electron chi connectivity index (χ1n) is 8.39. The van der Waals surface area contributed by atoms with Gasteiger partial charge in [-0.1, -0.05) is 0 Å². The van der Waals surface area contributed by atoms with Gasteiger partial charge in [-0.2, -0.15) is 0 Å². The average molecular weight is 380 g/mol. The van der Waals surface area contributed by atoms with Crippen LogP contribution in [0.3, 0.4) is 0 Å². The highest BCUT2D eigenvalue weighted by Gasteiger charge is 2.11. The first kappa shape index (κ1) is 19.0. The second-order valence-electron chi connectivity index (χ2n) is 5.66. The summed E-state index contributed by atoms with van der Waals surface area (Å²) in [5.74, 6) is 2.08. The fraction of sp³-hybridized carbons (Fsp3) is 0.150. The van der Waals surface area contributed by atoms with Crippen LogP contribution >= 0.6 is 0 Å². The van der Waals surface area contributed by atoms with E-state index in [4.69, 9.17) is 14.2 Å². The minimum atomic E-state index is -0.353. The Kier molecular flexibility index (Phi) is 5.91. The highest BCUT2D eigenvalue weighted by molar-refractivity contribution is 6.03. The van der Waals surface area contributed by atoms with E-state index in [9.17, 15) is 4.79 Å². The number of rotatable bonds is 7. The number of hydrogen-bond acceptors (Lipinski definition) is 7. The molecule has 1 aromatic heterocycles. The number of benzene rings is 2. The van der Waals surface area contributed by atoms with Crippen molar-refractivity contribution < 1.29 is 19.0 Å². The van der Waals surface area contributed by atoms with Crippen LogP contribution in [-0.2, 0) is 0 Å². The summed E-state index contributed by atoms with van der Waals surface area (Å²) in [4.78, 5) is 20.7. The van der Waals surface area contributed by atoms with Crippen LogP contribution < -0.4 is 24.8 Å². The minimum absolute atomic E-state index is 0.218. The fourth-order valence-electron chi connectivity index (χ4n) is 2.47. The second-order valence-corrected chi connectivity index (χ2v) is 5.66. The number of aromatic nitrogens is 2. The van der Waals surface area contributed by atoms with Crippen molar-refractivity contribution >= 4 is 23.1 Å². The number of nitrogens with zero attached hydrogens (tertiary/aromatic N) is 2. The molecule has 3 aromatic rings. The molecular weight excluding hydrogens is 360 g/mol. The quantitative estimate of drug-likeness (QED) is 0.648. The van der Waals surface area contributed by atoms with Gasteiger partial charge in [0.15, 0.2) is 0 Å². The monoisotopic (exact) mass is 380 g/mol. The Morgan fingerprint density at radius 2 is 1.57 bits per heavy atom. The number of hydrogen-bond donors (Lipinski definition) is 2. The first-order valence-corrected chi connectivity index (χ1v) is 8.39. The predicted molar refractivity (Wildman–Crippen MR) is 106 cm³/mol. The van der Waals surface area contributed by atoms with Gasteiger partial charge in [-0.05, 0) is 36.4 Å². The molecule has 0 aliphatic rings. The van der Waals surface area contributed by atoms with Crippen molar-refractivity contribution in [3.05, 3.63) is 60.6 Å². The molecule has 0 aliphatic carbocycles. The smallest absolute Gasteiger partial charge is 0.274 e. The van der Waals surface area contributed by atoms with Crippen molar-refractivity contribution in [3.8, 4) is 17.2 Å². The van der Waals surface area contributed by atoms with E-state index < -0.39 is 0 Å². The molecule has 0 bridgehead atoms. The molecule has 0 spiro atoms. The van der Waals surface area contributed by atoms with Gasteiger partial charge in [0.25, 0.3) is 5.91 Å². The summed E-state index contributed by atoms with van der Waals surface area (Å²) in [5.41, 5.74) is 1.51. The van der Waals surface area contributed by atoms with Crippen molar-refractivity contribution in [2.24, 2.45) is 0 Å². The summed E-state index contributed by atoms with van der Waals surface area (Å²) in [7, 11) is 4.74. The second kappa shape index (κ2) is 8.72. The van der Waals surface area contributed by atoms with E-state index in [2.05, 4.69) is 20.6 Å². The molecule has 3 rings (SSSR count). The van der Waals surface area contributed by atoms with Crippen LogP contribution in [0.25, 0.3) is 0 Å². The number of nitrogens with one attached hydrogen (secondary N) is 2. The lowest BCUT2D eigenvalue weighted by molar-refractivity contribution is 0.102. The van der Waals surface area contributed by atoms with E-state index >= 15 is 0 Å². The molecule has 2 N–H and O–H groups in total. The summed E-state index contributed by atoms with van der Waals surface area (Å²) in [6.07, 6.45) is 1.32. The van der Waals surface area contributed by atoms with Crippen molar-refractivity contribution in [2.75, 3.05) is 32.0 Å². The molecule has 0 unspecified atom stereocenters. The summed E-state index contributed by atoms with van der Waals surface area (Å²) in [6.45, 7) is 0. The lowest BCUT2D eigenvalue weighted by Crippen LogP contribution is -2.14. The molecule has 1 amide bonds. The van der Waals surface area contributed by atoms with Crippen LogP contribution in [0.2, 0.25) is 0 Å². The van der Waals surface area contributed by atoms with Gasteiger partial charge in [0.05, 0.1) is 27.0 Å². The molecule has 0 aliphatic heterocycles. The summed E-state index contributed by atoms with van der Waals surface area (Å²) >= 11 is 0. The molecule has 1 heterocycles. The minimum Gasteiger partial charge on any atom is -0.497 e. The van der Waals surface area contributed by atoms with E-state index in [1.54, 1.807) is 69.9 Å². The van der Waals surface area contributed by atoms with Crippen LogP contribution in [-0.4, -0.2) is 37.2 Å². The SMILES string of the molecule is COc1ccc(NC(=O)c2cc(Nc3cc(OC)ccc3OC)ncn2)cc1. The third kappa shape index (κ3) is 4.47. The highest BCUT2D eigenvalue weighted by Crippen LogP contribution is 2.31. The molecule has 8 heteroatoms. The number of anilines is 3. The van der Waals surface area contributed by atoms with Crippen molar-refractivity contribution in [1.29, 1.82) is 0 Å². The molecule has 0 saturated carbocycles. The topological polar surface area (TPSA) is 94.6 Å². The first-order chi connectivity index (χ1) is 13.6. The molecule has 28 heavy (non-hydrogen) atoms. The van der Waals surface area contributed by atoms with E-state index in [1.165, 1.54) is 6.33 Å². The lowest BCUT2D eigenvalue weighted by atomic mass is 10.2.